The van der Waals surface area contributed by atoms with Crippen LogP contribution in [0.5, 0.6) is 0 Å². The van der Waals surface area contributed by atoms with Crippen molar-refractivity contribution in [1.29, 1.82) is 0 Å². The third-order valence-corrected chi connectivity index (χ3v) is 4.09. The minimum Gasteiger partial charge on any atom is -0.355 e. The van der Waals surface area contributed by atoms with Crippen molar-refractivity contribution in [2.75, 3.05) is 5.32 Å². The Kier molecular flexibility index (Phi) is 2.78. The number of rotatable bonds is 2. The summed E-state index contributed by atoms with van der Waals surface area (Å²) in [4.78, 5) is 12.4. The third-order valence-electron chi connectivity index (χ3n) is 4.09. The van der Waals surface area contributed by atoms with Crippen LogP contribution in [-0.2, 0) is 13.0 Å². The maximum atomic E-state index is 12.4. The van der Waals surface area contributed by atoms with Crippen LogP contribution in [0.15, 0.2) is 59.4 Å². The van der Waals surface area contributed by atoms with E-state index in [0.29, 0.717) is 0 Å². The first-order chi connectivity index (χ1) is 10.3. The number of nitrogens with one attached hydrogen (secondary N) is 1. The van der Waals surface area contributed by atoms with Gasteiger partial charge in [-0.2, -0.15) is 0 Å². The molecule has 1 aromatic heterocycles. The Bertz CT molecular complexity index is 866. The number of aryl methyl sites for hydroxylation is 2. The van der Waals surface area contributed by atoms with Gasteiger partial charge in [0.25, 0.3) is 5.56 Å². The molecule has 1 N–H and O–H groups in total. The summed E-state index contributed by atoms with van der Waals surface area (Å²) in [6, 6.07) is 18.0. The molecule has 0 saturated heterocycles. The molecule has 4 rings (SSSR count). The standard InChI is InChI=1S/C18H16N2O/c21-17-12-16(19-14-8-2-1-3-9-14)15-10-4-6-13-7-5-11-20(17)18(13)15/h1-4,6,8-10,12,19H,5,7,11H2. The molecule has 0 amide bonds. The second-order valence-electron chi connectivity index (χ2n) is 5.46. The highest BCUT2D eigenvalue weighted by Gasteiger charge is 2.15. The van der Waals surface area contributed by atoms with E-state index in [1.54, 1.807) is 6.07 Å². The zero-order valence-corrected chi connectivity index (χ0v) is 11.7. The summed E-state index contributed by atoms with van der Waals surface area (Å²) in [6.07, 6.45) is 2.09. The van der Waals surface area contributed by atoms with Gasteiger partial charge in [0.05, 0.1) is 11.2 Å². The summed E-state index contributed by atoms with van der Waals surface area (Å²) in [6.45, 7) is 0.817. The van der Waals surface area contributed by atoms with Crippen LogP contribution in [0.25, 0.3) is 10.9 Å². The molecule has 0 radical (unpaired) electrons. The normalized spacial score (nSPS) is 13.3. The monoisotopic (exact) mass is 276 g/mol. The van der Waals surface area contributed by atoms with Crippen molar-refractivity contribution in [2.45, 2.75) is 19.4 Å². The highest BCUT2D eigenvalue weighted by molar-refractivity contribution is 5.95. The maximum absolute atomic E-state index is 12.4. The van der Waals surface area contributed by atoms with Gasteiger partial charge in [0.15, 0.2) is 0 Å². The van der Waals surface area contributed by atoms with Crippen LogP contribution in [0.2, 0.25) is 0 Å². The largest absolute Gasteiger partial charge is 0.355 e. The number of hydrogen-bond donors (Lipinski definition) is 1. The fourth-order valence-corrected chi connectivity index (χ4v) is 3.15. The second kappa shape index (κ2) is 4.77. The lowest BCUT2D eigenvalue weighted by Gasteiger charge is -2.21. The predicted molar refractivity (Wildman–Crippen MR) is 86.3 cm³/mol. The Morgan fingerprint density at radius 2 is 1.86 bits per heavy atom. The van der Waals surface area contributed by atoms with Crippen LogP contribution in [0.3, 0.4) is 0 Å². The minimum atomic E-state index is 0.0769. The van der Waals surface area contributed by atoms with E-state index in [9.17, 15) is 4.79 Å². The third kappa shape index (κ3) is 2.02. The molecule has 0 bridgehead atoms. The zero-order valence-electron chi connectivity index (χ0n) is 11.7. The lowest BCUT2D eigenvalue weighted by molar-refractivity contribution is 0.616. The first-order valence-electron chi connectivity index (χ1n) is 7.30. The van der Waals surface area contributed by atoms with Crippen molar-refractivity contribution in [3.8, 4) is 0 Å². The fraction of sp³-hybridized carbons (Fsp3) is 0.167. The van der Waals surface area contributed by atoms with E-state index in [2.05, 4.69) is 23.5 Å². The van der Waals surface area contributed by atoms with Crippen LogP contribution in [0, 0.1) is 0 Å². The second-order valence-corrected chi connectivity index (χ2v) is 5.46. The van der Waals surface area contributed by atoms with Crippen LogP contribution in [-0.4, -0.2) is 4.57 Å². The molecule has 0 atom stereocenters. The molecule has 21 heavy (non-hydrogen) atoms. The van der Waals surface area contributed by atoms with Gasteiger partial charge in [0, 0.05) is 23.7 Å². The van der Waals surface area contributed by atoms with E-state index >= 15 is 0 Å². The molecule has 3 nitrogen and oxygen atoms in total. The SMILES string of the molecule is O=c1cc(Nc2ccccc2)c2cccc3c2n1CCC3. The predicted octanol–water partition coefficient (Wildman–Crippen LogP) is 3.69. The minimum absolute atomic E-state index is 0.0769. The Morgan fingerprint density at radius 1 is 1.00 bits per heavy atom. The summed E-state index contributed by atoms with van der Waals surface area (Å²) >= 11 is 0. The highest BCUT2D eigenvalue weighted by atomic mass is 16.1. The maximum Gasteiger partial charge on any atom is 0.253 e. The van der Waals surface area contributed by atoms with Crippen molar-refractivity contribution >= 4 is 22.3 Å². The van der Waals surface area contributed by atoms with Gasteiger partial charge in [-0.25, -0.2) is 0 Å². The number of hydrogen-bond acceptors (Lipinski definition) is 2. The number of para-hydroxylation sites is 2. The van der Waals surface area contributed by atoms with E-state index < -0.39 is 0 Å². The van der Waals surface area contributed by atoms with E-state index in [4.69, 9.17) is 0 Å². The zero-order chi connectivity index (χ0) is 14.2. The van der Waals surface area contributed by atoms with Gasteiger partial charge in [0.2, 0.25) is 0 Å². The Labute approximate surface area is 122 Å². The molecule has 104 valence electrons. The number of nitrogens with zero attached hydrogens (tertiary/aromatic N) is 1. The summed E-state index contributed by atoms with van der Waals surface area (Å²) in [5.74, 6) is 0. The molecule has 2 aromatic carbocycles. The van der Waals surface area contributed by atoms with E-state index in [0.717, 1.165) is 41.7 Å². The molecule has 0 aliphatic carbocycles. The van der Waals surface area contributed by atoms with Crippen molar-refractivity contribution in [2.24, 2.45) is 0 Å². The van der Waals surface area contributed by atoms with Gasteiger partial charge in [-0.1, -0.05) is 36.4 Å². The lowest BCUT2D eigenvalue weighted by Crippen LogP contribution is -2.24. The smallest absolute Gasteiger partial charge is 0.253 e. The van der Waals surface area contributed by atoms with Gasteiger partial charge in [0.1, 0.15) is 0 Å². The molecule has 0 spiro atoms. The van der Waals surface area contributed by atoms with Crippen molar-refractivity contribution in [3.63, 3.8) is 0 Å². The Balaban J connectivity index is 1.95. The molecule has 3 aromatic rings. The Morgan fingerprint density at radius 3 is 2.71 bits per heavy atom. The summed E-state index contributed by atoms with van der Waals surface area (Å²) in [5.41, 5.74) is 4.33. The molecule has 1 aliphatic rings. The molecular formula is C18H16N2O. The lowest BCUT2D eigenvalue weighted by atomic mass is 10.0. The first-order valence-corrected chi connectivity index (χ1v) is 7.30. The Hall–Kier alpha value is -2.55. The quantitative estimate of drug-likeness (QED) is 0.774. The molecule has 0 fully saturated rings. The van der Waals surface area contributed by atoms with Crippen LogP contribution in [0.4, 0.5) is 11.4 Å². The first kappa shape index (κ1) is 12.2. The van der Waals surface area contributed by atoms with E-state index in [1.165, 1.54) is 5.56 Å². The summed E-state index contributed by atoms with van der Waals surface area (Å²) in [7, 11) is 0. The highest BCUT2D eigenvalue weighted by Crippen LogP contribution is 2.30. The van der Waals surface area contributed by atoms with Gasteiger partial charge in [-0.15, -0.1) is 0 Å². The van der Waals surface area contributed by atoms with E-state index in [-0.39, 0.29) is 5.56 Å². The summed E-state index contributed by atoms with van der Waals surface area (Å²) in [5, 5.41) is 4.50. The van der Waals surface area contributed by atoms with Crippen molar-refractivity contribution in [3.05, 3.63) is 70.5 Å². The average molecular weight is 276 g/mol. The molecule has 0 unspecified atom stereocenters. The number of benzene rings is 2. The number of aromatic nitrogens is 1. The van der Waals surface area contributed by atoms with Crippen LogP contribution in [0.1, 0.15) is 12.0 Å². The van der Waals surface area contributed by atoms with E-state index in [1.807, 2.05) is 34.9 Å². The van der Waals surface area contributed by atoms with Gasteiger partial charge < -0.3 is 9.88 Å². The molecular weight excluding hydrogens is 260 g/mol. The number of anilines is 2. The van der Waals surface area contributed by atoms with Gasteiger partial charge in [-0.05, 0) is 30.5 Å². The summed E-state index contributed by atoms with van der Waals surface area (Å²) < 4.78 is 1.91. The van der Waals surface area contributed by atoms with Crippen LogP contribution < -0.4 is 10.9 Å². The van der Waals surface area contributed by atoms with Gasteiger partial charge in [-0.3, -0.25) is 4.79 Å². The fourth-order valence-electron chi connectivity index (χ4n) is 3.15. The molecule has 2 heterocycles. The average Bonchev–Trinajstić information content (AvgIpc) is 2.53. The van der Waals surface area contributed by atoms with Crippen molar-refractivity contribution < 1.29 is 0 Å². The molecule has 3 heteroatoms. The number of pyridine rings is 1. The van der Waals surface area contributed by atoms with Crippen molar-refractivity contribution in [1.82, 2.24) is 4.57 Å². The van der Waals surface area contributed by atoms with Crippen LogP contribution >= 0.6 is 0 Å². The molecule has 0 saturated carbocycles. The van der Waals surface area contributed by atoms with Gasteiger partial charge >= 0.3 is 0 Å². The topological polar surface area (TPSA) is 34.0 Å². The molecule has 1 aliphatic heterocycles.